The zero-order chi connectivity index (χ0) is 25.8. The summed E-state index contributed by atoms with van der Waals surface area (Å²) in [4.78, 5) is 25.4. The number of benzene rings is 1. The average Bonchev–Trinajstić information content (AvgIpc) is 3.36. The number of nitrogens with zero attached hydrogens (tertiary/aromatic N) is 6. The Hall–Kier alpha value is -4.54. The van der Waals surface area contributed by atoms with Crippen molar-refractivity contribution in [1.29, 1.82) is 0 Å². The molecule has 1 saturated heterocycles. The van der Waals surface area contributed by atoms with E-state index >= 15 is 0 Å². The highest BCUT2D eigenvalue weighted by Crippen LogP contribution is 2.30. The van der Waals surface area contributed by atoms with Crippen LogP contribution in [-0.4, -0.2) is 66.2 Å². The third-order valence-electron chi connectivity index (χ3n) is 6.10. The molecule has 1 fully saturated rings. The molecule has 0 radical (unpaired) electrons. The molecule has 1 aromatic carbocycles. The van der Waals surface area contributed by atoms with Crippen LogP contribution in [0, 0.1) is 0 Å². The van der Waals surface area contributed by atoms with Gasteiger partial charge in [-0.05, 0) is 49.4 Å². The minimum absolute atomic E-state index is 0.188. The molecule has 2 unspecified atom stereocenters. The van der Waals surface area contributed by atoms with Crippen molar-refractivity contribution in [3.8, 4) is 28.3 Å². The number of aromatic nitrogens is 5. The third kappa shape index (κ3) is 5.50. The Morgan fingerprint density at radius 1 is 1.22 bits per heavy atom. The number of amides is 1. The second kappa shape index (κ2) is 10.6. The van der Waals surface area contributed by atoms with Crippen molar-refractivity contribution in [3.05, 3.63) is 67.3 Å². The highest BCUT2D eigenvalue weighted by Gasteiger charge is 2.33. The summed E-state index contributed by atoms with van der Waals surface area (Å²) in [6, 6.07) is 12.7. The van der Waals surface area contributed by atoms with Crippen LogP contribution in [0.1, 0.15) is 13.3 Å². The first-order valence-electron chi connectivity index (χ1n) is 12.0. The van der Waals surface area contributed by atoms with Crippen LogP contribution in [0.3, 0.4) is 0 Å². The minimum atomic E-state index is -1.38. The van der Waals surface area contributed by atoms with Crippen LogP contribution < -0.4 is 10.1 Å². The number of nitrogens with one attached hydrogen (secondary N) is 1. The Bertz CT molecular complexity index is 1360. The van der Waals surface area contributed by atoms with Crippen LogP contribution in [0.4, 0.5) is 20.8 Å². The fourth-order valence-electron chi connectivity index (χ4n) is 4.17. The van der Waals surface area contributed by atoms with Gasteiger partial charge in [0, 0.05) is 61.1 Å². The second-order valence-corrected chi connectivity index (χ2v) is 8.59. The quantitative estimate of drug-likeness (QED) is 0.375. The molecule has 190 valence electrons. The molecule has 1 aliphatic rings. The first kappa shape index (κ1) is 24.2. The molecule has 0 saturated carbocycles. The zero-order valence-corrected chi connectivity index (χ0v) is 20.2. The standard InChI is InChI=1S/C26H26FN7O3/c1-2-34-15-20(24(32-34)17-4-3-11-28-14-17)22-9-12-29-25(31-22)30-18-5-7-19(8-6-18)37-23-10-13-33(26(35)36)16-21(23)27/h3-9,11-12,14-15,21,23H,2,10,13,16H2,1H3,(H,35,36)(H,29,30,31). The Kier molecular flexibility index (Phi) is 6.93. The molecular formula is C26H26FN7O3. The van der Waals surface area contributed by atoms with Crippen LogP contribution in [-0.2, 0) is 6.54 Å². The monoisotopic (exact) mass is 503 g/mol. The van der Waals surface area contributed by atoms with Gasteiger partial charge >= 0.3 is 6.09 Å². The van der Waals surface area contributed by atoms with Crippen molar-refractivity contribution >= 4 is 17.7 Å². The van der Waals surface area contributed by atoms with Crippen molar-refractivity contribution in [2.75, 3.05) is 18.4 Å². The molecular weight excluding hydrogens is 477 g/mol. The lowest BCUT2D eigenvalue weighted by atomic mass is 10.1. The van der Waals surface area contributed by atoms with Crippen LogP contribution in [0.2, 0.25) is 0 Å². The number of rotatable bonds is 7. The van der Waals surface area contributed by atoms with Crippen molar-refractivity contribution < 1.29 is 19.0 Å². The normalized spacial score (nSPS) is 17.4. The number of likely N-dealkylation sites (tertiary alicyclic amines) is 1. The van der Waals surface area contributed by atoms with E-state index in [2.05, 4.69) is 25.4 Å². The van der Waals surface area contributed by atoms with Crippen molar-refractivity contribution in [3.63, 3.8) is 0 Å². The smallest absolute Gasteiger partial charge is 0.407 e. The van der Waals surface area contributed by atoms with E-state index in [0.717, 1.165) is 39.6 Å². The van der Waals surface area contributed by atoms with Gasteiger partial charge in [0.2, 0.25) is 5.95 Å². The van der Waals surface area contributed by atoms with E-state index < -0.39 is 18.4 Å². The Balaban J connectivity index is 1.29. The molecule has 5 rings (SSSR count). The Labute approximate surface area is 212 Å². The summed E-state index contributed by atoms with van der Waals surface area (Å²) in [6.07, 6.45) is 4.25. The molecule has 37 heavy (non-hydrogen) atoms. The van der Waals surface area contributed by atoms with Crippen molar-refractivity contribution in [1.82, 2.24) is 29.6 Å². The topological polar surface area (TPSA) is 118 Å². The van der Waals surface area contributed by atoms with Gasteiger partial charge in [0.15, 0.2) is 6.17 Å². The number of hydrogen-bond donors (Lipinski definition) is 2. The second-order valence-electron chi connectivity index (χ2n) is 8.59. The van der Waals surface area contributed by atoms with E-state index in [1.54, 1.807) is 42.9 Å². The van der Waals surface area contributed by atoms with Gasteiger partial charge in [0.25, 0.3) is 0 Å². The number of alkyl halides is 1. The van der Waals surface area contributed by atoms with E-state index in [-0.39, 0.29) is 13.1 Å². The maximum absolute atomic E-state index is 14.4. The molecule has 2 N–H and O–H groups in total. The van der Waals surface area contributed by atoms with Crippen LogP contribution >= 0.6 is 0 Å². The summed E-state index contributed by atoms with van der Waals surface area (Å²) in [5, 5.41) is 16.9. The van der Waals surface area contributed by atoms with Gasteiger partial charge in [-0.2, -0.15) is 5.10 Å². The number of piperidine rings is 1. The van der Waals surface area contributed by atoms with Crippen LogP contribution in [0.5, 0.6) is 5.75 Å². The summed E-state index contributed by atoms with van der Waals surface area (Å²) < 4.78 is 22.0. The summed E-state index contributed by atoms with van der Waals surface area (Å²) in [6.45, 7) is 2.80. The predicted molar refractivity (Wildman–Crippen MR) is 135 cm³/mol. The maximum atomic E-state index is 14.4. The third-order valence-corrected chi connectivity index (χ3v) is 6.10. The van der Waals surface area contributed by atoms with Crippen LogP contribution in [0.15, 0.2) is 67.3 Å². The first-order chi connectivity index (χ1) is 18.0. The number of halogens is 1. The number of aryl methyl sites for hydroxylation is 1. The van der Waals surface area contributed by atoms with Gasteiger partial charge in [0.05, 0.1) is 12.2 Å². The fraction of sp³-hybridized carbons (Fsp3) is 0.269. The number of carboxylic acid groups (broad SMARTS) is 1. The number of ether oxygens (including phenoxy) is 1. The van der Waals surface area contributed by atoms with Gasteiger partial charge < -0.3 is 20.1 Å². The first-order valence-corrected chi connectivity index (χ1v) is 12.0. The SMILES string of the molecule is CCn1cc(-c2ccnc(Nc3ccc(OC4CCN(C(=O)O)CC4F)cc3)n2)c(-c2cccnc2)n1. The highest BCUT2D eigenvalue weighted by molar-refractivity contribution is 5.78. The molecule has 4 aromatic rings. The number of pyridine rings is 1. The lowest BCUT2D eigenvalue weighted by molar-refractivity contribution is 0.0249. The fourth-order valence-corrected chi connectivity index (χ4v) is 4.17. The Morgan fingerprint density at radius 3 is 2.76 bits per heavy atom. The highest BCUT2D eigenvalue weighted by atomic mass is 19.1. The molecule has 3 aromatic heterocycles. The van der Waals surface area contributed by atoms with Gasteiger partial charge in [-0.3, -0.25) is 9.67 Å². The maximum Gasteiger partial charge on any atom is 0.407 e. The van der Waals surface area contributed by atoms with Crippen molar-refractivity contribution in [2.45, 2.75) is 32.2 Å². The molecule has 1 amide bonds. The number of hydrogen-bond acceptors (Lipinski definition) is 7. The summed E-state index contributed by atoms with van der Waals surface area (Å²) in [5.41, 5.74) is 4.02. The van der Waals surface area contributed by atoms with E-state index in [1.807, 2.05) is 36.0 Å². The van der Waals surface area contributed by atoms with Gasteiger partial charge in [-0.1, -0.05) is 0 Å². The van der Waals surface area contributed by atoms with Gasteiger partial charge in [-0.15, -0.1) is 0 Å². The van der Waals surface area contributed by atoms with E-state index in [9.17, 15) is 9.18 Å². The molecule has 0 aliphatic carbocycles. The molecule has 1 aliphatic heterocycles. The van der Waals surface area contributed by atoms with Gasteiger partial charge in [0.1, 0.15) is 17.5 Å². The van der Waals surface area contributed by atoms with Gasteiger partial charge in [-0.25, -0.2) is 19.2 Å². The zero-order valence-electron chi connectivity index (χ0n) is 20.2. The molecule has 11 heteroatoms. The van der Waals surface area contributed by atoms with E-state index in [0.29, 0.717) is 18.1 Å². The molecule has 10 nitrogen and oxygen atoms in total. The van der Waals surface area contributed by atoms with Crippen LogP contribution in [0.25, 0.3) is 22.5 Å². The Morgan fingerprint density at radius 2 is 2.05 bits per heavy atom. The van der Waals surface area contributed by atoms with E-state index in [4.69, 9.17) is 9.84 Å². The molecule has 2 atom stereocenters. The minimum Gasteiger partial charge on any atom is -0.487 e. The number of carbonyl (C=O) groups is 1. The molecule has 0 bridgehead atoms. The predicted octanol–water partition coefficient (Wildman–Crippen LogP) is 4.63. The summed E-state index contributed by atoms with van der Waals surface area (Å²) in [5.74, 6) is 0.919. The average molecular weight is 504 g/mol. The summed E-state index contributed by atoms with van der Waals surface area (Å²) >= 11 is 0. The van der Waals surface area contributed by atoms with E-state index in [1.165, 1.54) is 0 Å². The number of anilines is 2. The lowest BCUT2D eigenvalue weighted by Gasteiger charge is -2.33. The lowest BCUT2D eigenvalue weighted by Crippen LogP contribution is -2.48. The van der Waals surface area contributed by atoms with Crippen molar-refractivity contribution in [2.24, 2.45) is 0 Å². The largest absolute Gasteiger partial charge is 0.487 e. The molecule has 4 heterocycles. The molecule has 0 spiro atoms. The summed E-state index contributed by atoms with van der Waals surface area (Å²) in [7, 11) is 0.